The van der Waals surface area contributed by atoms with Gasteiger partial charge in [0.05, 0.1) is 19.8 Å². The molecule has 0 aromatic carbocycles. The van der Waals surface area contributed by atoms with Gasteiger partial charge >= 0.3 is 6.03 Å². The third-order valence-corrected chi connectivity index (χ3v) is 5.34. The molecule has 2 amide bonds. The van der Waals surface area contributed by atoms with Crippen LogP contribution in [0, 0.1) is 5.92 Å². The van der Waals surface area contributed by atoms with E-state index in [1.54, 1.807) is 0 Å². The van der Waals surface area contributed by atoms with Gasteiger partial charge in [-0.3, -0.25) is 0 Å². The van der Waals surface area contributed by atoms with E-state index in [0.29, 0.717) is 18.5 Å². The maximum atomic E-state index is 12.8. The molecule has 7 heteroatoms. The van der Waals surface area contributed by atoms with Crippen molar-refractivity contribution in [3.05, 3.63) is 23.9 Å². The summed E-state index contributed by atoms with van der Waals surface area (Å²) >= 11 is 0. The summed E-state index contributed by atoms with van der Waals surface area (Å²) in [5.74, 6) is 1.43. The molecule has 4 rings (SSSR count). The van der Waals surface area contributed by atoms with E-state index in [9.17, 15) is 4.79 Å². The van der Waals surface area contributed by atoms with Gasteiger partial charge < -0.3 is 24.6 Å². The Morgan fingerprint density at radius 2 is 2.08 bits per heavy atom. The van der Waals surface area contributed by atoms with Crippen LogP contribution in [-0.4, -0.2) is 68.0 Å². The Balaban J connectivity index is 1.37. The number of anilines is 1. The molecule has 1 saturated carbocycles. The minimum Gasteiger partial charge on any atom is -0.381 e. The monoisotopic (exact) mass is 360 g/mol. The van der Waals surface area contributed by atoms with Gasteiger partial charge in [0, 0.05) is 56.5 Å². The molecular formula is C19H28N4O3. The summed E-state index contributed by atoms with van der Waals surface area (Å²) in [6, 6.07) is 4.42. The lowest BCUT2D eigenvalue weighted by Gasteiger charge is -2.30. The molecule has 2 saturated heterocycles. The minimum atomic E-state index is 0.0381. The van der Waals surface area contributed by atoms with Crippen LogP contribution in [0.15, 0.2) is 18.3 Å². The Morgan fingerprint density at radius 3 is 2.81 bits per heavy atom. The fourth-order valence-electron chi connectivity index (χ4n) is 3.69. The number of nitrogens with one attached hydrogen (secondary N) is 1. The first-order valence-electron chi connectivity index (χ1n) is 9.70. The van der Waals surface area contributed by atoms with Crippen LogP contribution in [0.25, 0.3) is 0 Å². The number of rotatable bonds is 6. The molecule has 7 nitrogen and oxygen atoms in total. The number of ether oxygens (including phenoxy) is 2. The standard InChI is InChI=1S/C19H28N4O3/c24-19(23(17-3-4-17)13-15-5-9-26-14-15)21-12-16-2-1-6-20-18(16)22-7-10-25-11-8-22/h1-2,6,15,17H,3-5,7-14H2,(H,21,24). The average Bonchev–Trinajstić information content (AvgIpc) is 3.40. The Kier molecular flexibility index (Phi) is 5.55. The number of carbonyl (C=O) groups excluding carboxylic acids is 1. The predicted molar refractivity (Wildman–Crippen MR) is 98.2 cm³/mol. The summed E-state index contributed by atoms with van der Waals surface area (Å²) in [4.78, 5) is 21.6. The SMILES string of the molecule is O=C(NCc1cccnc1N1CCOCC1)N(CC1CCOC1)C1CC1. The van der Waals surface area contributed by atoms with E-state index >= 15 is 0 Å². The van der Waals surface area contributed by atoms with Crippen LogP contribution in [0.2, 0.25) is 0 Å². The number of amides is 2. The van der Waals surface area contributed by atoms with E-state index < -0.39 is 0 Å². The van der Waals surface area contributed by atoms with Crippen molar-refractivity contribution >= 4 is 11.8 Å². The Bertz CT molecular complexity index is 611. The largest absolute Gasteiger partial charge is 0.381 e. The fourth-order valence-corrected chi connectivity index (χ4v) is 3.69. The zero-order chi connectivity index (χ0) is 17.8. The maximum absolute atomic E-state index is 12.8. The molecule has 26 heavy (non-hydrogen) atoms. The normalized spacial score (nSPS) is 23.1. The Labute approximate surface area is 154 Å². The quantitative estimate of drug-likeness (QED) is 0.835. The topological polar surface area (TPSA) is 66.9 Å². The van der Waals surface area contributed by atoms with Crippen LogP contribution >= 0.6 is 0 Å². The molecule has 1 N–H and O–H groups in total. The summed E-state index contributed by atoms with van der Waals surface area (Å²) in [6.45, 7) is 6.04. The maximum Gasteiger partial charge on any atom is 0.317 e. The second-order valence-electron chi connectivity index (χ2n) is 7.36. The zero-order valence-corrected chi connectivity index (χ0v) is 15.2. The van der Waals surface area contributed by atoms with Crippen LogP contribution in [-0.2, 0) is 16.0 Å². The zero-order valence-electron chi connectivity index (χ0n) is 15.2. The fraction of sp³-hybridized carbons (Fsp3) is 0.684. The van der Waals surface area contributed by atoms with Gasteiger partial charge in [0.15, 0.2) is 0 Å². The van der Waals surface area contributed by atoms with Gasteiger partial charge in [-0.2, -0.15) is 0 Å². The third kappa shape index (κ3) is 4.27. The lowest BCUT2D eigenvalue weighted by Crippen LogP contribution is -2.44. The molecule has 2 aliphatic heterocycles. The number of hydrogen-bond acceptors (Lipinski definition) is 5. The number of urea groups is 1. The summed E-state index contributed by atoms with van der Waals surface area (Å²) < 4.78 is 10.9. The molecule has 1 aliphatic carbocycles. The van der Waals surface area contributed by atoms with Crippen molar-refractivity contribution in [3.8, 4) is 0 Å². The van der Waals surface area contributed by atoms with Gasteiger partial charge in [-0.05, 0) is 25.3 Å². The molecule has 3 fully saturated rings. The van der Waals surface area contributed by atoms with Crippen LogP contribution in [0.4, 0.5) is 10.6 Å². The molecule has 0 spiro atoms. The molecule has 3 heterocycles. The van der Waals surface area contributed by atoms with Crippen LogP contribution < -0.4 is 10.2 Å². The molecule has 0 radical (unpaired) electrons. The van der Waals surface area contributed by atoms with E-state index in [4.69, 9.17) is 9.47 Å². The lowest BCUT2D eigenvalue weighted by molar-refractivity contribution is 0.122. The van der Waals surface area contributed by atoms with Crippen molar-refractivity contribution in [2.75, 3.05) is 51.0 Å². The van der Waals surface area contributed by atoms with Gasteiger partial charge in [-0.1, -0.05) is 6.07 Å². The molecular weight excluding hydrogens is 332 g/mol. The van der Waals surface area contributed by atoms with Crippen molar-refractivity contribution in [1.29, 1.82) is 0 Å². The molecule has 1 unspecified atom stereocenters. The number of hydrogen-bond donors (Lipinski definition) is 1. The van der Waals surface area contributed by atoms with Crippen molar-refractivity contribution in [3.63, 3.8) is 0 Å². The Morgan fingerprint density at radius 1 is 1.23 bits per heavy atom. The highest BCUT2D eigenvalue weighted by atomic mass is 16.5. The van der Waals surface area contributed by atoms with E-state index in [1.165, 1.54) is 0 Å². The van der Waals surface area contributed by atoms with E-state index in [1.807, 2.05) is 23.2 Å². The smallest absolute Gasteiger partial charge is 0.317 e. The Hall–Kier alpha value is -1.86. The van der Waals surface area contributed by atoms with Crippen molar-refractivity contribution in [2.24, 2.45) is 5.92 Å². The number of carbonyl (C=O) groups is 1. The van der Waals surface area contributed by atoms with Gasteiger partial charge in [0.2, 0.25) is 0 Å². The first-order valence-corrected chi connectivity index (χ1v) is 9.70. The van der Waals surface area contributed by atoms with E-state index in [-0.39, 0.29) is 6.03 Å². The molecule has 0 bridgehead atoms. The molecule has 1 atom stereocenters. The van der Waals surface area contributed by atoms with Gasteiger partial charge in [-0.25, -0.2) is 9.78 Å². The number of pyridine rings is 1. The van der Waals surface area contributed by atoms with Gasteiger partial charge in [0.1, 0.15) is 5.82 Å². The summed E-state index contributed by atoms with van der Waals surface area (Å²) in [6.07, 6.45) is 5.10. The van der Waals surface area contributed by atoms with Crippen molar-refractivity contribution < 1.29 is 14.3 Å². The highest BCUT2D eigenvalue weighted by Gasteiger charge is 2.34. The number of nitrogens with zero attached hydrogens (tertiary/aromatic N) is 3. The second-order valence-corrected chi connectivity index (χ2v) is 7.36. The average molecular weight is 360 g/mol. The van der Waals surface area contributed by atoms with Crippen LogP contribution in [0.5, 0.6) is 0 Å². The van der Waals surface area contributed by atoms with Gasteiger partial charge in [0.25, 0.3) is 0 Å². The first-order chi connectivity index (χ1) is 12.8. The predicted octanol–water partition coefficient (Wildman–Crippen LogP) is 1.63. The minimum absolute atomic E-state index is 0.0381. The molecule has 1 aromatic heterocycles. The third-order valence-electron chi connectivity index (χ3n) is 5.34. The second kappa shape index (κ2) is 8.22. The summed E-state index contributed by atoms with van der Waals surface area (Å²) in [7, 11) is 0. The van der Waals surface area contributed by atoms with E-state index in [2.05, 4.69) is 15.2 Å². The van der Waals surface area contributed by atoms with E-state index in [0.717, 1.165) is 76.7 Å². The summed E-state index contributed by atoms with van der Waals surface area (Å²) in [5, 5.41) is 3.12. The number of aromatic nitrogens is 1. The highest BCUT2D eigenvalue weighted by molar-refractivity contribution is 5.75. The van der Waals surface area contributed by atoms with Crippen LogP contribution in [0.3, 0.4) is 0 Å². The summed E-state index contributed by atoms with van der Waals surface area (Å²) in [5.41, 5.74) is 1.06. The number of morpholine rings is 1. The molecule has 142 valence electrons. The van der Waals surface area contributed by atoms with Gasteiger partial charge in [-0.15, -0.1) is 0 Å². The highest BCUT2D eigenvalue weighted by Crippen LogP contribution is 2.29. The lowest BCUT2D eigenvalue weighted by atomic mass is 10.1. The first kappa shape index (κ1) is 17.5. The van der Waals surface area contributed by atoms with Crippen molar-refractivity contribution in [2.45, 2.75) is 31.8 Å². The van der Waals surface area contributed by atoms with Crippen LogP contribution in [0.1, 0.15) is 24.8 Å². The molecule has 1 aromatic rings. The molecule has 3 aliphatic rings. The van der Waals surface area contributed by atoms with Crippen molar-refractivity contribution in [1.82, 2.24) is 15.2 Å².